The molecule has 1 aliphatic heterocycles. The number of likely N-dealkylation sites (tertiary alicyclic amines) is 1. The smallest absolute Gasteiger partial charge is 0.311 e. The highest BCUT2D eigenvalue weighted by molar-refractivity contribution is 6.07. The zero-order valence-electron chi connectivity index (χ0n) is 15.0. The summed E-state index contributed by atoms with van der Waals surface area (Å²) in [6, 6.07) is 17.9. The third-order valence-corrected chi connectivity index (χ3v) is 5.65. The summed E-state index contributed by atoms with van der Waals surface area (Å²) >= 11 is 0. The van der Waals surface area contributed by atoms with Crippen LogP contribution >= 0.6 is 0 Å². The van der Waals surface area contributed by atoms with Gasteiger partial charge in [-0.25, -0.2) is 0 Å². The molecule has 4 heteroatoms. The van der Waals surface area contributed by atoms with Crippen LogP contribution in [0.1, 0.15) is 28.4 Å². The Kier molecular flexibility index (Phi) is 4.37. The fourth-order valence-corrected chi connectivity index (χ4v) is 4.51. The Bertz CT molecular complexity index is 832. The molecule has 2 aromatic carbocycles. The first-order valence-corrected chi connectivity index (χ1v) is 9.19. The van der Waals surface area contributed by atoms with Gasteiger partial charge in [0, 0.05) is 25.2 Å². The van der Waals surface area contributed by atoms with Gasteiger partial charge in [0.15, 0.2) is 5.78 Å². The molecule has 1 spiro atoms. The number of hydrogen-bond acceptors (Lipinski definition) is 4. The van der Waals surface area contributed by atoms with Crippen LogP contribution in [0.25, 0.3) is 0 Å². The predicted octanol–water partition coefficient (Wildman–Crippen LogP) is 3.11. The van der Waals surface area contributed by atoms with E-state index >= 15 is 0 Å². The number of Topliss-reactive ketones (excluding diaryl/α,β-unsaturated/α-hetero) is 1. The van der Waals surface area contributed by atoms with Gasteiger partial charge < -0.3 is 4.74 Å². The number of carbonyl (C=O) groups is 2. The molecule has 0 bridgehead atoms. The molecule has 0 N–H and O–H groups in total. The van der Waals surface area contributed by atoms with Gasteiger partial charge in [0.1, 0.15) is 0 Å². The molecule has 0 radical (unpaired) electrons. The van der Waals surface area contributed by atoms with Crippen LogP contribution in [-0.4, -0.2) is 36.3 Å². The van der Waals surface area contributed by atoms with Gasteiger partial charge in [-0.3, -0.25) is 14.5 Å². The summed E-state index contributed by atoms with van der Waals surface area (Å²) in [5.41, 5.74) is 2.32. The summed E-state index contributed by atoms with van der Waals surface area (Å²) in [6.45, 7) is 4.05. The number of ether oxygens (including phenoxy) is 1. The normalized spacial score (nSPS) is 24.8. The topological polar surface area (TPSA) is 46.6 Å². The molecular weight excluding hydrogens is 326 g/mol. The molecule has 0 unspecified atom stereocenters. The van der Waals surface area contributed by atoms with Crippen LogP contribution in [-0.2, 0) is 22.5 Å². The van der Waals surface area contributed by atoms with Gasteiger partial charge in [-0.1, -0.05) is 54.6 Å². The standard InChI is InChI=1S/C22H23NO3/c1-2-26-21(25)19-14-23(13-16-8-4-3-5-9-16)15-22(19)12-17-10-6-7-11-18(17)20(22)24/h3-11,19H,2,12-15H2,1H3/t19-,22-/m1/s1. The van der Waals surface area contributed by atoms with E-state index in [2.05, 4.69) is 17.0 Å². The summed E-state index contributed by atoms with van der Waals surface area (Å²) in [5.74, 6) is -0.558. The van der Waals surface area contributed by atoms with Gasteiger partial charge in [-0.2, -0.15) is 0 Å². The van der Waals surface area contributed by atoms with Crippen LogP contribution in [0.4, 0.5) is 0 Å². The van der Waals surface area contributed by atoms with Crippen LogP contribution < -0.4 is 0 Å². The number of nitrogens with zero attached hydrogens (tertiary/aromatic N) is 1. The number of benzene rings is 2. The maximum Gasteiger partial charge on any atom is 0.311 e. The zero-order valence-corrected chi connectivity index (χ0v) is 15.0. The van der Waals surface area contributed by atoms with Crippen molar-refractivity contribution in [2.45, 2.75) is 19.9 Å². The highest BCUT2D eigenvalue weighted by Gasteiger charge is 2.58. The molecule has 1 fully saturated rings. The van der Waals surface area contributed by atoms with Crippen molar-refractivity contribution in [3.05, 3.63) is 71.3 Å². The van der Waals surface area contributed by atoms with E-state index in [0.717, 1.165) is 17.7 Å². The molecule has 0 saturated carbocycles. The van der Waals surface area contributed by atoms with Crippen LogP contribution in [0.15, 0.2) is 54.6 Å². The molecule has 2 aliphatic rings. The molecule has 0 amide bonds. The molecule has 134 valence electrons. The molecule has 2 atom stereocenters. The Morgan fingerprint density at radius 2 is 1.88 bits per heavy atom. The van der Waals surface area contributed by atoms with Crippen molar-refractivity contribution in [3.63, 3.8) is 0 Å². The average Bonchev–Trinajstić information content (AvgIpc) is 3.15. The third kappa shape index (κ3) is 2.74. The Balaban J connectivity index is 1.65. The Hall–Kier alpha value is -2.46. The largest absolute Gasteiger partial charge is 0.466 e. The Labute approximate surface area is 153 Å². The minimum Gasteiger partial charge on any atom is -0.466 e. The SMILES string of the molecule is CCOC(=O)[C@H]1CN(Cc2ccccc2)C[C@]12Cc1ccccc1C2=O. The first-order valence-electron chi connectivity index (χ1n) is 9.19. The summed E-state index contributed by atoms with van der Waals surface area (Å²) < 4.78 is 5.34. The lowest BCUT2D eigenvalue weighted by Crippen LogP contribution is -2.41. The highest BCUT2D eigenvalue weighted by atomic mass is 16.5. The highest BCUT2D eigenvalue weighted by Crippen LogP contribution is 2.48. The number of carbonyl (C=O) groups excluding carboxylic acids is 2. The molecule has 0 aromatic heterocycles. The van der Waals surface area contributed by atoms with Crippen molar-refractivity contribution in [2.24, 2.45) is 11.3 Å². The van der Waals surface area contributed by atoms with Crippen LogP contribution in [0.3, 0.4) is 0 Å². The van der Waals surface area contributed by atoms with E-state index in [9.17, 15) is 9.59 Å². The predicted molar refractivity (Wildman–Crippen MR) is 98.8 cm³/mol. The minimum atomic E-state index is -0.690. The van der Waals surface area contributed by atoms with Crippen molar-refractivity contribution in [1.29, 1.82) is 0 Å². The van der Waals surface area contributed by atoms with Gasteiger partial charge in [-0.15, -0.1) is 0 Å². The third-order valence-electron chi connectivity index (χ3n) is 5.65. The van der Waals surface area contributed by atoms with Crippen LogP contribution in [0, 0.1) is 11.3 Å². The van der Waals surface area contributed by atoms with Gasteiger partial charge >= 0.3 is 5.97 Å². The van der Waals surface area contributed by atoms with E-state index in [1.165, 1.54) is 5.56 Å². The Morgan fingerprint density at radius 3 is 2.62 bits per heavy atom. The summed E-state index contributed by atoms with van der Waals surface area (Å²) in [6.07, 6.45) is 0.622. The Morgan fingerprint density at radius 1 is 1.15 bits per heavy atom. The van der Waals surface area contributed by atoms with Gasteiger partial charge in [0.2, 0.25) is 0 Å². The monoisotopic (exact) mass is 349 g/mol. The van der Waals surface area contributed by atoms with E-state index < -0.39 is 11.3 Å². The van der Waals surface area contributed by atoms with E-state index in [0.29, 0.717) is 26.1 Å². The summed E-state index contributed by atoms with van der Waals surface area (Å²) in [4.78, 5) is 28.2. The number of fused-ring (bicyclic) bond motifs is 1. The molecular formula is C22H23NO3. The number of rotatable bonds is 4. The molecule has 26 heavy (non-hydrogen) atoms. The first kappa shape index (κ1) is 17.0. The molecule has 4 rings (SSSR count). The van der Waals surface area contributed by atoms with Gasteiger partial charge in [0.05, 0.1) is 17.9 Å². The molecule has 1 heterocycles. The molecule has 1 aliphatic carbocycles. The lowest BCUT2D eigenvalue weighted by Gasteiger charge is -2.27. The second-order valence-electron chi connectivity index (χ2n) is 7.28. The van der Waals surface area contributed by atoms with Crippen LogP contribution in [0.5, 0.6) is 0 Å². The van der Waals surface area contributed by atoms with E-state index in [-0.39, 0.29) is 11.8 Å². The zero-order chi connectivity index (χ0) is 18.1. The second kappa shape index (κ2) is 6.69. The fraction of sp³-hybridized carbons (Fsp3) is 0.364. The van der Waals surface area contributed by atoms with Crippen LogP contribution in [0.2, 0.25) is 0 Å². The van der Waals surface area contributed by atoms with Crippen molar-refractivity contribution >= 4 is 11.8 Å². The lowest BCUT2D eigenvalue weighted by atomic mass is 9.74. The second-order valence-corrected chi connectivity index (χ2v) is 7.28. The fourth-order valence-electron chi connectivity index (χ4n) is 4.51. The maximum absolute atomic E-state index is 13.3. The van der Waals surface area contributed by atoms with E-state index in [1.54, 1.807) is 0 Å². The molecule has 4 nitrogen and oxygen atoms in total. The molecule has 2 aromatic rings. The van der Waals surface area contributed by atoms with E-state index in [4.69, 9.17) is 4.74 Å². The lowest BCUT2D eigenvalue weighted by molar-refractivity contribution is -0.150. The van der Waals surface area contributed by atoms with Gasteiger partial charge in [0.25, 0.3) is 0 Å². The number of hydrogen-bond donors (Lipinski definition) is 0. The van der Waals surface area contributed by atoms with Gasteiger partial charge in [-0.05, 0) is 24.5 Å². The average molecular weight is 349 g/mol. The minimum absolute atomic E-state index is 0.0988. The summed E-state index contributed by atoms with van der Waals surface area (Å²) in [7, 11) is 0. The van der Waals surface area contributed by atoms with Crippen molar-refractivity contribution in [1.82, 2.24) is 4.90 Å². The van der Waals surface area contributed by atoms with Crippen molar-refractivity contribution < 1.29 is 14.3 Å². The quantitative estimate of drug-likeness (QED) is 0.796. The first-order chi connectivity index (χ1) is 12.6. The number of ketones is 1. The van der Waals surface area contributed by atoms with E-state index in [1.807, 2.05) is 49.4 Å². The number of esters is 1. The van der Waals surface area contributed by atoms with Crippen molar-refractivity contribution in [2.75, 3.05) is 19.7 Å². The molecule has 1 saturated heterocycles. The maximum atomic E-state index is 13.3. The summed E-state index contributed by atoms with van der Waals surface area (Å²) in [5, 5.41) is 0. The van der Waals surface area contributed by atoms with Crippen molar-refractivity contribution in [3.8, 4) is 0 Å².